The lowest BCUT2D eigenvalue weighted by Crippen LogP contribution is -2.20. The molecule has 0 aromatic heterocycles. The fraction of sp³-hybridized carbons (Fsp3) is 0.316. The smallest absolute Gasteiger partial charge is 0.226 e. The number of carbonyl (C=O) groups is 1. The van der Waals surface area contributed by atoms with Gasteiger partial charge in [-0.05, 0) is 17.7 Å². The van der Waals surface area contributed by atoms with E-state index in [4.69, 9.17) is 15.2 Å². The number of anilines is 1. The van der Waals surface area contributed by atoms with Crippen LogP contribution in [0.15, 0.2) is 54.6 Å². The Kier molecular flexibility index (Phi) is 7.26. The summed E-state index contributed by atoms with van der Waals surface area (Å²) in [6.07, 6.45) is 1.04. The maximum Gasteiger partial charge on any atom is 0.226 e. The summed E-state index contributed by atoms with van der Waals surface area (Å²) in [6.45, 7) is 1.23. The second kappa shape index (κ2) is 9.70. The Morgan fingerprint density at radius 2 is 1.92 bits per heavy atom. The number of amides is 1. The van der Waals surface area contributed by atoms with E-state index in [1.807, 2.05) is 48.5 Å². The van der Waals surface area contributed by atoms with Crippen molar-refractivity contribution in [2.45, 2.75) is 18.9 Å². The van der Waals surface area contributed by atoms with Crippen molar-refractivity contribution in [3.8, 4) is 5.75 Å². The molecule has 24 heavy (non-hydrogen) atoms. The van der Waals surface area contributed by atoms with Crippen LogP contribution in [0, 0.1) is 0 Å². The second-order valence-corrected chi connectivity index (χ2v) is 5.49. The van der Waals surface area contributed by atoms with Crippen molar-refractivity contribution in [2.24, 2.45) is 5.73 Å². The minimum absolute atomic E-state index is 0.122. The summed E-state index contributed by atoms with van der Waals surface area (Å²) in [5, 5.41) is 2.86. The third kappa shape index (κ3) is 6.02. The zero-order chi connectivity index (χ0) is 17.2. The van der Waals surface area contributed by atoms with Crippen LogP contribution in [-0.2, 0) is 9.53 Å². The molecule has 2 rings (SSSR count). The molecule has 0 aliphatic heterocycles. The molecule has 0 aliphatic carbocycles. The summed E-state index contributed by atoms with van der Waals surface area (Å²) in [7, 11) is 1.66. The maximum atomic E-state index is 12.2. The van der Waals surface area contributed by atoms with Crippen LogP contribution in [0.1, 0.15) is 24.4 Å². The highest BCUT2D eigenvalue weighted by atomic mass is 16.5. The molecule has 0 bridgehead atoms. The lowest BCUT2D eigenvalue weighted by Gasteiger charge is -2.13. The minimum atomic E-state index is -0.320. The Balaban J connectivity index is 1.85. The molecule has 0 radical (unpaired) electrons. The first-order valence-corrected chi connectivity index (χ1v) is 8.01. The first kappa shape index (κ1) is 18.0. The van der Waals surface area contributed by atoms with E-state index < -0.39 is 0 Å². The Hall–Kier alpha value is -2.37. The summed E-state index contributed by atoms with van der Waals surface area (Å²) in [6, 6.07) is 16.6. The van der Waals surface area contributed by atoms with E-state index in [2.05, 4.69) is 5.32 Å². The molecule has 0 saturated heterocycles. The van der Waals surface area contributed by atoms with Gasteiger partial charge in [0.2, 0.25) is 5.91 Å². The number of carbonyl (C=O) groups excluding carboxylic acids is 1. The molecule has 1 unspecified atom stereocenters. The van der Waals surface area contributed by atoms with E-state index >= 15 is 0 Å². The topological polar surface area (TPSA) is 73.6 Å². The van der Waals surface area contributed by atoms with Crippen molar-refractivity contribution in [1.82, 2.24) is 0 Å². The second-order valence-electron chi connectivity index (χ2n) is 5.49. The van der Waals surface area contributed by atoms with E-state index in [1.54, 1.807) is 13.2 Å². The van der Waals surface area contributed by atoms with Crippen LogP contribution in [0.25, 0.3) is 0 Å². The van der Waals surface area contributed by atoms with Gasteiger partial charge < -0.3 is 20.5 Å². The summed E-state index contributed by atoms with van der Waals surface area (Å²) < 4.78 is 10.6. The van der Waals surface area contributed by atoms with E-state index in [9.17, 15) is 4.79 Å². The number of hydrogen-bond donors (Lipinski definition) is 2. The summed E-state index contributed by atoms with van der Waals surface area (Å²) in [4.78, 5) is 12.2. The molecule has 3 N–H and O–H groups in total. The van der Waals surface area contributed by atoms with Crippen molar-refractivity contribution in [3.05, 3.63) is 60.2 Å². The third-order valence-corrected chi connectivity index (χ3v) is 3.51. The van der Waals surface area contributed by atoms with Crippen molar-refractivity contribution in [2.75, 3.05) is 25.6 Å². The molecule has 5 nitrogen and oxygen atoms in total. The average molecular weight is 328 g/mol. The largest absolute Gasteiger partial charge is 0.493 e. The maximum absolute atomic E-state index is 12.2. The van der Waals surface area contributed by atoms with E-state index in [0.29, 0.717) is 18.9 Å². The number of rotatable bonds is 9. The van der Waals surface area contributed by atoms with Gasteiger partial charge in [-0.3, -0.25) is 4.79 Å². The normalized spacial score (nSPS) is 11.8. The summed E-state index contributed by atoms with van der Waals surface area (Å²) in [5.41, 5.74) is 7.72. The Morgan fingerprint density at radius 3 is 2.67 bits per heavy atom. The average Bonchev–Trinajstić information content (AvgIpc) is 2.60. The molecule has 0 saturated carbocycles. The zero-order valence-electron chi connectivity index (χ0n) is 13.9. The van der Waals surface area contributed by atoms with Crippen LogP contribution in [0.2, 0.25) is 0 Å². The molecular weight excluding hydrogens is 304 g/mol. The Morgan fingerprint density at radius 1 is 1.12 bits per heavy atom. The van der Waals surface area contributed by atoms with Gasteiger partial charge in [-0.2, -0.15) is 0 Å². The van der Waals surface area contributed by atoms with Gasteiger partial charge in [0.25, 0.3) is 0 Å². The highest BCUT2D eigenvalue weighted by Crippen LogP contribution is 2.19. The molecule has 2 aromatic carbocycles. The van der Waals surface area contributed by atoms with Crippen molar-refractivity contribution in [3.63, 3.8) is 0 Å². The fourth-order valence-electron chi connectivity index (χ4n) is 2.29. The van der Waals surface area contributed by atoms with Crippen LogP contribution in [0.4, 0.5) is 5.69 Å². The van der Waals surface area contributed by atoms with Crippen molar-refractivity contribution >= 4 is 11.6 Å². The summed E-state index contributed by atoms with van der Waals surface area (Å²) >= 11 is 0. The number of nitrogens with one attached hydrogen (secondary N) is 1. The predicted octanol–water partition coefficient (Wildman–Crippen LogP) is 3.13. The monoisotopic (exact) mass is 328 g/mol. The number of ether oxygens (including phenoxy) is 2. The number of nitrogens with two attached hydrogens (primary N) is 1. The van der Waals surface area contributed by atoms with Crippen LogP contribution >= 0.6 is 0 Å². The molecule has 1 amide bonds. The lowest BCUT2D eigenvalue weighted by atomic mass is 10.0. The Bertz CT molecular complexity index is 632. The van der Waals surface area contributed by atoms with Crippen LogP contribution in [-0.4, -0.2) is 26.2 Å². The highest BCUT2D eigenvalue weighted by Gasteiger charge is 2.11. The van der Waals surface area contributed by atoms with Gasteiger partial charge in [0.05, 0.1) is 6.61 Å². The lowest BCUT2D eigenvalue weighted by molar-refractivity contribution is -0.116. The summed E-state index contributed by atoms with van der Waals surface area (Å²) in [5.74, 6) is 0.596. The molecule has 128 valence electrons. The standard InChI is InChI=1S/C19H24N2O3/c1-23-11-6-12-24-17-10-5-9-16(13-17)21-19(22)14-18(20)15-7-3-2-4-8-15/h2-5,7-10,13,18H,6,11-12,14,20H2,1H3,(H,21,22). The van der Waals surface area contributed by atoms with E-state index in [-0.39, 0.29) is 18.4 Å². The van der Waals surface area contributed by atoms with Crippen LogP contribution in [0.5, 0.6) is 5.75 Å². The molecular formula is C19H24N2O3. The number of methoxy groups -OCH3 is 1. The number of benzene rings is 2. The fourth-order valence-corrected chi connectivity index (χ4v) is 2.29. The highest BCUT2D eigenvalue weighted by molar-refractivity contribution is 5.91. The van der Waals surface area contributed by atoms with Gasteiger partial charge in [-0.15, -0.1) is 0 Å². The first-order chi connectivity index (χ1) is 11.7. The molecule has 0 aliphatic rings. The molecule has 0 spiro atoms. The first-order valence-electron chi connectivity index (χ1n) is 8.01. The van der Waals surface area contributed by atoms with E-state index in [1.165, 1.54) is 0 Å². The molecule has 1 atom stereocenters. The van der Waals surface area contributed by atoms with Gasteiger partial charge in [-0.25, -0.2) is 0 Å². The molecule has 2 aromatic rings. The van der Waals surface area contributed by atoms with Gasteiger partial charge >= 0.3 is 0 Å². The van der Waals surface area contributed by atoms with Gasteiger partial charge in [0.15, 0.2) is 0 Å². The molecule has 5 heteroatoms. The van der Waals surface area contributed by atoms with Crippen LogP contribution < -0.4 is 15.8 Å². The van der Waals surface area contributed by atoms with Gasteiger partial charge in [0.1, 0.15) is 5.75 Å². The van der Waals surface area contributed by atoms with Gasteiger partial charge in [-0.1, -0.05) is 36.4 Å². The quantitative estimate of drug-likeness (QED) is 0.694. The molecule has 0 fully saturated rings. The SMILES string of the molecule is COCCCOc1cccc(NC(=O)CC(N)c2ccccc2)c1. The minimum Gasteiger partial charge on any atom is -0.493 e. The Labute approximate surface area is 142 Å². The molecule has 0 heterocycles. The van der Waals surface area contributed by atoms with Crippen LogP contribution in [0.3, 0.4) is 0 Å². The van der Waals surface area contributed by atoms with Gasteiger partial charge in [0, 0.05) is 44.4 Å². The third-order valence-electron chi connectivity index (χ3n) is 3.51. The van der Waals surface area contributed by atoms with Crippen molar-refractivity contribution < 1.29 is 14.3 Å². The van der Waals surface area contributed by atoms with E-state index in [0.717, 1.165) is 17.7 Å². The predicted molar refractivity (Wildman–Crippen MR) is 95.0 cm³/mol. The zero-order valence-corrected chi connectivity index (χ0v) is 13.9. The van der Waals surface area contributed by atoms with Crippen molar-refractivity contribution in [1.29, 1.82) is 0 Å². The number of hydrogen-bond acceptors (Lipinski definition) is 4.